The number of nitrogens with one attached hydrogen (secondary N) is 1. The molecule has 0 aliphatic rings. The van der Waals surface area contributed by atoms with E-state index in [1.807, 2.05) is 12.1 Å². The van der Waals surface area contributed by atoms with Crippen molar-refractivity contribution in [1.29, 1.82) is 5.26 Å². The van der Waals surface area contributed by atoms with Crippen LogP contribution in [-0.2, 0) is 16.1 Å². The Balaban J connectivity index is 2.11. The summed E-state index contributed by atoms with van der Waals surface area (Å²) < 4.78 is 10.5. The van der Waals surface area contributed by atoms with Gasteiger partial charge in [-0.05, 0) is 37.6 Å². The van der Waals surface area contributed by atoms with Crippen LogP contribution >= 0.6 is 0 Å². The van der Waals surface area contributed by atoms with E-state index in [-0.39, 0.29) is 6.61 Å². The van der Waals surface area contributed by atoms with Gasteiger partial charge in [-0.1, -0.05) is 31.2 Å². The molecule has 1 N–H and O–H groups in total. The highest BCUT2D eigenvalue weighted by molar-refractivity contribution is 5.98. The number of hydrogen-bond acceptors (Lipinski definition) is 5. The van der Waals surface area contributed by atoms with Crippen LogP contribution in [0.5, 0.6) is 5.75 Å². The highest BCUT2D eigenvalue weighted by atomic mass is 16.5. The lowest BCUT2D eigenvalue weighted by molar-refractivity contribution is -0.147. The summed E-state index contributed by atoms with van der Waals surface area (Å²) in [5.41, 5.74) is 0.570. The zero-order valence-electron chi connectivity index (χ0n) is 15.6. The molecule has 0 aliphatic carbocycles. The molecule has 2 aromatic carbocycles. The van der Waals surface area contributed by atoms with E-state index in [4.69, 9.17) is 14.7 Å². The van der Waals surface area contributed by atoms with Gasteiger partial charge in [-0.2, -0.15) is 5.26 Å². The zero-order chi connectivity index (χ0) is 19.9. The number of methoxy groups -OCH3 is 1. The number of carbonyl (C=O) groups is 2. The van der Waals surface area contributed by atoms with E-state index in [1.165, 1.54) is 7.11 Å². The summed E-state index contributed by atoms with van der Waals surface area (Å²) in [4.78, 5) is 24.5. The molecule has 6 heteroatoms. The molecule has 0 heterocycles. The first-order valence-electron chi connectivity index (χ1n) is 8.55. The molecule has 1 amide bonds. The smallest absolute Gasteiger partial charge is 0.331 e. The molecular formula is C21H22N2O4. The number of ether oxygens (including phenoxy) is 2. The fraction of sp³-hybridized carbons (Fsp3) is 0.286. The molecule has 2 aromatic rings. The quantitative estimate of drug-likeness (QED) is 0.760. The van der Waals surface area contributed by atoms with E-state index in [9.17, 15) is 9.59 Å². The van der Waals surface area contributed by atoms with Crippen LogP contribution in [0.4, 0.5) is 0 Å². The Kier molecular flexibility index (Phi) is 6.56. The van der Waals surface area contributed by atoms with E-state index in [1.54, 1.807) is 50.2 Å². The Bertz CT molecular complexity index is 872. The van der Waals surface area contributed by atoms with E-state index >= 15 is 0 Å². The van der Waals surface area contributed by atoms with Gasteiger partial charge < -0.3 is 14.8 Å². The zero-order valence-corrected chi connectivity index (χ0v) is 15.6. The van der Waals surface area contributed by atoms with Gasteiger partial charge in [-0.25, -0.2) is 4.79 Å². The largest absolute Gasteiger partial charge is 0.489 e. The molecular weight excluding hydrogens is 344 g/mol. The maximum atomic E-state index is 12.5. The van der Waals surface area contributed by atoms with Gasteiger partial charge in [-0.3, -0.25) is 4.79 Å². The van der Waals surface area contributed by atoms with Crippen LogP contribution in [0.15, 0.2) is 48.5 Å². The van der Waals surface area contributed by atoms with Crippen LogP contribution in [0, 0.1) is 11.3 Å². The summed E-state index contributed by atoms with van der Waals surface area (Å²) in [6.45, 7) is 3.63. The minimum Gasteiger partial charge on any atom is -0.489 e. The van der Waals surface area contributed by atoms with E-state index in [2.05, 4.69) is 11.4 Å². The first kappa shape index (κ1) is 20.0. The third-order valence-electron chi connectivity index (χ3n) is 4.36. The van der Waals surface area contributed by atoms with Crippen molar-refractivity contribution in [3.05, 3.63) is 65.2 Å². The minimum atomic E-state index is -1.10. The number of amides is 1. The summed E-state index contributed by atoms with van der Waals surface area (Å²) in [5.74, 6) is -0.404. The Morgan fingerprint density at radius 2 is 1.93 bits per heavy atom. The van der Waals surface area contributed by atoms with Crippen LogP contribution < -0.4 is 10.1 Å². The van der Waals surface area contributed by atoms with Gasteiger partial charge in [-0.15, -0.1) is 0 Å². The second kappa shape index (κ2) is 8.86. The highest BCUT2D eigenvalue weighted by Gasteiger charge is 2.34. The van der Waals surface area contributed by atoms with Crippen molar-refractivity contribution in [2.24, 2.45) is 0 Å². The SMILES string of the molecule is CCC(C)(NC(=O)c1cccc(OCc2ccccc2C#N)c1)C(=O)OC. The minimum absolute atomic E-state index is 0.212. The monoisotopic (exact) mass is 366 g/mol. The topological polar surface area (TPSA) is 88.4 Å². The number of nitrogens with zero attached hydrogens (tertiary/aromatic N) is 1. The lowest BCUT2D eigenvalue weighted by Crippen LogP contribution is -2.52. The van der Waals surface area contributed by atoms with Gasteiger partial charge >= 0.3 is 5.97 Å². The summed E-state index contributed by atoms with van der Waals surface area (Å²) in [6, 6.07) is 15.9. The van der Waals surface area contributed by atoms with Crippen LogP contribution in [-0.4, -0.2) is 24.5 Å². The third kappa shape index (κ3) is 4.85. The average molecular weight is 366 g/mol. The number of hydrogen-bond donors (Lipinski definition) is 1. The summed E-state index contributed by atoms with van der Waals surface area (Å²) in [5, 5.41) is 11.9. The predicted octanol–water partition coefficient (Wildman–Crippen LogP) is 3.21. The van der Waals surface area contributed by atoms with Crippen molar-refractivity contribution in [1.82, 2.24) is 5.32 Å². The summed E-state index contributed by atoms with van der Waals surface area (Å²) in [6.07, 6.45) is 0.395. The Hall–Kier alpha value is -3.33. The number of nitriles is 1. The molecule has 2 rings (SSSR count). The van der Waals surface area contributed by atoms with Gasteiger partial charge in [0.2, 0.25) is 0 Å². The molecule has 0 spiro atoms. The Labute approximate surface area is 158 Å². The number of benzene rings is 2. The molecule has 0 saturated carbocycles. The molecule has 6 nitrogen and oxygen atoms in total. The molecule has 0 radical (unpaired) electrons. The van der Waals surface area contributed by atoms with E-state index in [0.717, 1.165) is 5.56 Å². The van der Waals surface area contributed by atoms with Crippen molar-refractivity contribution in [2.45, 2.75) is 32.4 Å². The van der Waals surface area contributed by atoms with Crippen molar-refractivity contribution in [3.63, 3.8) is 0 Å². The molecule has 27 heavy (non-hydrogen) atoms. The summed E-state index contributed by atoms with van der Waals surface area (Å²) >= 11 is 0. The molecule has 0 aromatic heterocycles. The predicted molar refractivity (Wildman–Crippen MR) is 100 cm³/mol. The van der Waals surface area contributed by atoms with Crippen molar-refractivity contribution < 1.29 is 19.1 Å². The lowest BCUT2D eigenvalue weighted by atomic mass is 9.98. The van der Waals surface area contributed by atoms with Crippen LogP contribution in [0.3, 0.4) is 0 Å². The standard InChI is InChI=1S/C21H22N2O4/c1-4-21(2,20(25)26-3)23-19(24)15-10-7-11-18(12-15)27-14-17-9-6-5-8-16(17)13-22/h5-12H,4,14H2,1-3H3,(H,23,24). The third-order valence-corrected chi connectivity index (χ3v) is 4.36. The summed E-state index contributed by atoms with van der Waals surface area (Å²) in [7, 11) is 1.29. The maximum Gasteiger partial charge on any atom is 0.331 e. The molecule has 140 valence electrons. The fourth-order valence-corrected chi connectivity index (χ4v) is 2.48. The number of rotatable bonds is 7. The first-order valence-corrected chi connectivity index (χ1v) is 8.55. The van der Waals surface area contributed by atoms with Gasteiger partial charge in [0, 0.05) is 11.1 Å². The van der Waals surface area contributed by atoms with E-state index < -0.39 is 17.4 Å². The number of esters is 1. The van der Waals surface area contributed by atoms with Crippen LogP contribution in [0.1, 0.15) is 41.8 Å². The van der Waals surface area contributed by atoms with Gasteiger partial charge in [0.15, 0.2) is 0 Å². The van der Waals surface area contributed by atoms with Gasteiger partial charge in [0.05, 0.1) is 18.7 Å². The normalized spacial score (nSPS) is 12.4. The highest BCUT2D eigenvalue weighted by Crippen LogP contribution is 2.18. The molecule has 1 atom stereocenters. The Morgan fingerprint density at radius 3 is 2.59 bits per heavy atom. The molecule has 0 saturated heterocycles. The lowest BCUT2D eigenvalue weighted by Gasteiger charge is -2.26. The second-order valence-electron chi connectivity index (χ2n) is 6.22. The van der Waals surface area contributed by atoms with Crippen LogP contribution in [0.2, 0.25) is 0 Å². The Morgan fingerprint density at radius 1 is 1.19 bits per heavy atom. The van der Waals surface area contributed by atoms with Gasteiger partial charge in [0.1, 0.15) is 17.9 Å². The van der Waals surface area contributed by atoms with Crippen molar-refractivity contribution in [2.75, 3.05) is 7.11 Å². The van der Waals surface area contributed by atoms with E-state index in [0.29, 0.717) is 23.3 Å². The second-order valence-corrected chi connectivity index (χ2v) is 6.22. The first-order chi connectivity index (χ1) is 12.9. The molecule has 0 aliphatic heterocycles. The number of carbonyl (C=O) groups excluding carboxylic acids is 2. The molecule has 0 bridgehead atoms. The maximum absolute atomic E-state index is 12.5. The van der Waals surface area contributed by atoms with Gasteiger partial charge in [0.25, 0.3) is 5.91 Å². The molecule has 0 fully saturated rings. The fourth-order valence-electron chi connectivity index (χ4n) is 2.48. The van der Waals surface area contributed by atoms with Crippen molar-refractivity contribution >= 4 is 11.9 Å². The van der Waals surface area contributed by atoms with Crippen molar-refractivity contribution in [3.8, 4) is 11.8 Å². The average Bonchev–Trinajstić information content (AvgIpc) is 2.71. The molecule has 1 unspecified atom stereocenters. The van der Waals surface area contributed by atoms with Crippen LogP contribution in [0.25, 0.3) is 0 Å².